The lowest BCUT2D eigenvalue weighted by Gasteiger charge is -1.60. The Bertz CT molecular complexity index is 35.9. The molecule has 0 aliphatic rings. The molecule has 0 radical (unpaired) electrons. The van der Waals surface area contributed by atoms with Gasteiger partial charge in [0.05, 0.1) is 7.18 Å². The van der Waals surface area contributed by atoms with Crippen LogP contribution in [0, 0.1) is 0 Å². The van der Waals surface area contributed by atoms with Crippen molar-refractivity contribution in [3.8, 4) is 0 Å². The minimum atomic E-state index is -1.83. The molecule has 0 unspecified atom stereocenters. The Morgan fingerprint density at radius 3 is 1.43 bits per heavy atom. The van der Waals surface area contributed by atoms with Gasteiger partial charge in [-0.1, -0.05) is 0 Å². The van der Waals surface area contributed by atoms with Crippen LogP contribution in [0.1, 0.15) is 0 Å². The predicted molar refractivity (Wildman–Crippen MR) is 29.0 cm³/mol. The second kappa shape index (κ2) is 18.1. The van der Waals surface area contributed by atoms with E-state index in [0.717, 1.165) is 0 Å². The first-order valence-electron chi connectivity index (χ1n) is 1.03. The molecule has 0 atom stereocenters. The van der Waals surface area contributed by atoms with Crippen molar-refractivity contribution in [3.63, 3.8) is 0 Å². The van der Waals surface area contributed by atoms with Crippen LogP contribution in [0.2, 0.25) is 0 Å². The summed E-state index contributed by atoms with van der Waals surface area (Å²) in [6, 6.07) is 0. The van der Waals surface area contributed by atoms with E-state index in [1.165, 1.54) is 0 Å². The molecule has 0 aliphatic carbocycles. The van der Waals surface area contributed by atoms with Crippen molar-refractivity contribution < 1.29 is 19.4 Å². The standard InChI is InChI=1S/CH3F.CH2O3.H4Si/c1-2;2-1(3)4;/h1H3;(H2,2,3,4);1H4. The van der Waals surface area contributed by atoms with Crippen LogP contribution in [0.5, 0.6) is 0 Å². The molecule has 0 heterocycles. The van der Waals surface area contributed by atoms with Crippen LogP contribution in [0.4, 0.5) is 9.18 Å². The summed E-state index contributed by atoms with van der Waals surface area (Å²) in [5.41, 5.74) is 0. The molecule has 2 N–H and O–H groups in total. The minimum absolute atomic E-state index is 0. The van der Waals surface area contributed by atoms with Gasteiger partial charge in [-0.25, -0.2) is 4.79 Å². The molecule has 0 rings (SSSR count). The van der Waals surface area contributed by atoms with E-state index in [-0.39, 0.29) is 11.0 Å². The fourth-order valence-corrected chi connectivity index (χ4v) is 0. The highest BCUT2D eigenvalue weighted by Gasteiger charge is 1.70. The zero-order valence-electron chi connectivity index (χ0n) is 3.18. The van der Waals surface area contributed by atoms with Crippen LogP contribution in [-0.2, 0) is 0 Å². The fraction of sp³-hybridized carbons (Fsp3) is 0.500. The van der Waals surface area contributed by atoms with E-state index in [1.54, 1.807) is 0 Å². The Balaban J connectivity index is -0.0000000480. The molecule has 0 aromatic carbocycles. The van der Waals surface area contributed by atoms with Crippen molar-refractivity contribution in [2.45, 2.75) is 0 Å². The molecule has 0 spiro atoms. The van der Waals surface area contributed by atoms with Crippen molar-refractivity contribution in [3.05, 3.63) is 0 Å². The van der Waals surface area contributed by atoms with Gasteiger partial charge < -0.3 is 10.2 Å². The number of rotatable bonds is 0. The van der Waals surface area contributed by atoms with Crippen molar-refractivity contribution in [2.24, 2.45) is 0 Å². The molecular weight excluding hydrogens is 119 g/mol. The molecule has 7 heavy (non-hydrogen) atoms. The topological polar surface area (TPSA) is 57.5 Å². The summed E-state index contributed by atoms with van der Waals surface area (Å²) < 4.78 is 9.50. The summed E-state index contributed by atoms with van der Waals surface area (Å²) in [5.74, 6) is 0. The van der Waals surface area contributed by atoms with Crippen molar-refractivity contribution in [1.29, 1.82) is 0 Å². The molecule has 0 aliphatic heterocycles. The number of hydrogen-bond acceptors (Lipinski definition) is 1. The lowest BCUT2D eigenvalue weighted by atomic mass is 11.5. The molecule has 0 aromatic rings. The molecule has 0 amide bonds. The third-order valence-corrected chi connectivity index (χ3v) is 0. The SMILES string of the molecule is CF.O=C(O)O.[SiH4]. The first-order chi connectivity index (χ1) is 2.73. The molecule has 0 saturated carbocycles. The van der Waals surface area contributed by atoms with E-state index in [0.29, 0.717) is 7.18 Å². The lowest BCUT2D eigenvalue weighted by Crippen LogP contribution is -1.81. The Morgan fingerprint density at radius 2 is 1.43 bits per heavy atom. The van der Waals surface area contributed by atoms with E-state index >= 15 is 0 Å². The largest absolute Gasteiger partial charge is 0.503 e. The highest BCUT2D eigenvalue weighted by atomic mass is 28.1. The van der Waals surface area contributed by atoms with E-state index in [1.807, 2.05) is 0 Å². The number of carboxylic acid groups (broad SMARTS) is 2. The van der Waals surface area contributed by atoms with Crippen molar-refractivity contribution in [2.75, 3.05) is 7.18 Å². The Morgan fingerprint density at radius 1 is 1.43 bits per heavy atom. The van der Waals surface area contributed by atoms with Crippen LogP contribution in [-0.4, -0.2) is 34.5 Å². The van der Waals surface area contributed by atoms with E-state index in [2.05, 4.69) is 0 Å². The highest BCUT2D eigenvalue weighted by Crippen LogP contribution is 1.42. The number of carbonyl (C=O) groups is 1. The summed E-state index contributed by atoms with van der Waals surface area (Å²) in [5, 5.41) is 13.9. The normalized spacial score (nSPS) is 4.29. The minimum Gasteiger partial charge on any atom is -0.450 e. The van der Waals surface area contributed by atoms with Crippen LogP contribution in [0.25, 0.3) is 0 Å². The lowest BCUT2D eigenvalue weighted by molar-refractivity contribution is 0.137. The zero-order valence-corrected chi connectivity index (χ0v) is 3.18. The Hall–Kier alpha value is -0.583. The van der Waals surface area contributed by atoms with Gasteiger partial charge in [0.25, 0.3) is 0 Å². The smallest absolute Gasteiger partial charge is 0.450 e. The van der Waals surface area contributed by atoms with Gasteiger partial charge in [-0.2, -0.15) is 0 Å². The molecule has 0 bridgehead atoms. The molecule has 0 aromatic heterocycles. The van der Waals surface area contributed by atoms with Crippen LogP contribution < -0.4 is 0 Å². The van der Waals surface area contributed by atoms with E-state index in [9.17, 15) is 4.39 Å². The second-order valence-electron chi connectivity index (χ2n) is 0.283. The van der Waals surface area contributed by atoms with E-state index in [4.69, 9.17) is 15.0 Å². The van der Waals surface area contributed by atoms with Crippen LogP contribution >= 0.6 is 0 Å². The van der Waals surface area contributed by atoms with Gasteiger partial charge in [0.2, 0.25) is 0 Å². The average molecular weight is 128 g/mol. The maximum atomic E-state index is 9.50. The molecule has 0 fully saturated rings. The van der Waals surface area contributed by atoms with Crippen LogP contribution in [0.3, 0.4) is 0 Å². The number of hydrogen-bond donors (Lipinski definition) is 2. The molecule has 46 valence electrons. The van der Waals surface area contributed by atoms with Crippen molar-refractivity contribution >= 4 is 17.1 Å². The predicted octanol–water partition coefficient (Wildman–Crippen LogP) is -0.643. The average Bonchev–Trinajstić information content (AvgIpc) is 1.41. The third kappa shape index (κ3) is 186. The van der Waals surface area contributed by atoms with Gasteiger partial charge in [-0.15, -0.1) is 0 Å². The maximum Gasteiger partial charge on any atom is 0.503 e. The van der Waals surface area contributed by atoms with Crippen molar-refractivity contribution in [1.82, 2.24) is 0 Å². The Labute approximate surface area is 44.8 Å². The van der Waals surface area contributed by atoms with Crippen LogP contribution in [0.15, 0.2) is 0 Å². The fourth-order valence-electron chi connectivity index (χ4n) is 0. The molecule has 0 saturated heterocycles. The first kappa shape index (κ1) is 16.1. The summed E-state index contributed by atoms with van der Waals surface area (Å²) in [6.07, 6.45) is -1.83. The van der Waals surface area contributed by atoms with Gasteiger partial charge >= 0.3 is 6.16 Å². The summed E-state index contributed by atoms with van der Waals surface area (Å²) in [4.78, 5) is 8.56. The van der Waals surface area contributed by atoms with Gasteiger partial charge in [0.15, 0.2) is 0 Å². The molecular formula is C2H9FO3Si. The highest BCUT2D eigenvalue weighted by molar-refractivity contribution is 5.75. The summed E-state index contributed by atoms with van der Waals surface area (Å²) >= 11 is 0. The quantitative estimate of drug-likeness (QED) is 0.426. The van der Waals surface area contributed by atoms with Gasteiger partial charge in [-0.05, 0) is 11.0 Å². The molecule has 3 nitrogen and oxygen atoms in total. The number of halogens is 1. The monoisotopic (exact) mass is 128 g/mol. The first-order valence-corrected chi connectivity index (χ1v) is 1.03. The summed E-state index contributed by atoms with van der Waals surface area (Å²) in [6.45, 7) is 0. The third-order valence-electron chi connectivity index (χ3n) is 0. The maximum absolute atomic E-state index is 9.50. The molecule has 5 heteroatoms. The Kier molecular flexibility index (Phi) is 41.7. The van der Waals surface area contributed by atoms with Gasteiger partial charge in [0.1, 0.15) is 0 Å². The van der Waals surface area contributed by atoms with Gasteiger partial charge in [0, 0.05) is 0 Å². The summed E-state index contributed by atoms with van der Waals surface area (Å²) in [7, 11) is 0.500. The van der Waals surface area contributed by atoms with Gasteiger partial charge in [-0.3, -0.25) is 4.39 Å². The van der Waals surface area contributed by atoms with E-state index < -0.39 is 6.16 Å². The zero-order chi connectivity index (χ0) is 5.58. The second-order valence-corrected chi connectivity index (χ2v) is 0.283. The number of alkyl halides is 1.